The normalized spacial score (nSPS) is 15.8. The quantitative estimate of drug-likeness (QED) is 0.355. The molecular weight excluding hydrogens is 575 g/mol. The van der Waals surface area contributed by atoms with E-state index in [-0.39, 0.29) is 41.3 Å². The Hall–Kier alpha value is -3.83. The van der Waals surface area contributed by atoms with Gasteiger partial charge in [-0.2, -0.15) is 13.2 Å². The summed E-state index contributed by atoms with van der Waals surface area (Å²) in [4.78, 5) is 38.4. The van der Waals surface area contributed by atoms with Crippen molar-refractivity contribution in [3.05, 3.63) is 81.2 Å². The molecule has 1 aliphatic rings. The standard InChI is InChI=1S/C30H31ClF3N3O5/c1-29(2,3)42-11-10-24(28(40)36-21-8-5-17(6-9-21)27(35)39)37-15-25-23(14-26(37)38)22-13-20(31)7-4-18(22)12-19(16-41-25)30(32,33)34/h4-9,13-15,19,24H,10-12,16H2,1-3H3,(H2,35,39)(H,36,40)/t19-,24+/m1/s1. The van der Waals surface area contributed by atoms with Crippen molar-refractivity contribution < 1.29 is 32.2 Å². The molecule has 0 spiro atoms. The summed E-state index contributed by atoms with van der Waals surface area (Å²) in [5.41, 5.74) is 5.78. The summed E-state index contributed by atoms with van der Waals surface area (Å²) in [6.07, 6.45) is -3.55. The zero-order valence-corrected chi connectivity index (χ0v) is 24.0. The summed E-state index contributed by atoms with van der Waals surface area (Å²) >= 11 is 6.19. The molecular formula is C30H31ClF3N3O5. The fourth-order valence-corrected chi connectivity index (χ4v) is 4.79. The van der Waals surface area contributed by atoms with Crippen LogP contribution >= 0.6 is 11.6 Å². The number of pyridine rings is 1. The molecule has 3 N–H and O–H groups in total. The van der Waals surface area contributed by atoms with Crippen molar-refractivity contribution in [1.82, 2.24) is 4.57 Å². The number of benzene rings is 2. The van der Waals surface area contributed by atoms with E-state index in [1.54, 1.807) is 0 Å². The number of carbonyl (C=O) groups is 2. The SMILES string of the molecule is CC(C)(C)OCC[C@@H](C(=O)Nc1ccc(C(N)=O)cc1)n1cc2c(cc1=O)-c1cc(Cl)ccc1C[C@@H](C(F)(F)F)CO2. The van der Waals surface area contributed by atoms with Crippen LogP contribution in [0.15, 0.2) is 59.5 Å². The number of nitrogens with two attached hydrogens (primary N) is 1. The van der Waals surface area contributed by atoms with Gasteiger partial charge < -0.3 is 20.5 Å². The molecule has 4 rings (SSSR count). The molecule has 0 saturated heterocycles. The van der Waals surface area contributed by atoms with E-state index in [0.717, 1.165) is 4.57 Å². The zero-order valence-electron chi connectivity index (χ0n) is 23.3. The van der Waals surface area contributed by atoms with E-state index in [9.17, 15) is 27.6 Å². The van der Waals surface area contributed by atoms with E-state index < -0.39 is 47.7 Å². The summed E-state index contributed by atoms with van der Waals surface area (Å²) in [6.45, 7) is 4.95. The number of hydrogen-bond donors (Lipinski definition) is 2. The number of aromatic nitrogens is 1. The molecule has 2 atom stereocenters. The summed E-state index contributed by atoms with van der Waals surface area (Å²) in [5, 5.41) is 3.00. The fraction of sp³-hybridized carbons (Fsp3) is 0.367. The molecule has 2 aromatic carbocycles. The second kappa shape index (κ2) is 12.2. The molecule has 0 saturated carbocycles. The molecule has 42 heavy (non-hydrogen) atoms. The van der Waals surface area contributed by atoms with Crippen LogP contribution in [-0.4, -0.2) is 41.4 Å². The Balaban J connectivity index is 1.76. The highest BCUT2D eigenvalue weighted by Gasteiger charge is 2.41. The molecule has 1 aromatic heterocycles. The topological polar surface area (TPSA) is 113 Å². The lowest BCUT2D eigenvalue weighted by Crippen LogP contribution is -2.35. The molecule has 0 bridgehead atoms. The third-order valence-electron chi connectivity index (χ3n) is 6.78. The number of nitrogens with zero attached hydrogens (tertiary/aromatic N) is 1. The van der Waals surface area contributed by atoms with E-state index in [4.69, 9.17) is 26.8 Å². The van der Waals surface area contributed by atoms with Gasteiger partial charge in [0, 0.05) is 40.9 Å². The first-order valence-corrected chi connectivity index (χ1v) is 13.6. The zero-order chi connectivity index (χ0) is 30.8. The van der Waals surface area contributed by atoms with E-state index in [1.807, 2.05) is 20.8 Å². The molecule has 224 valence electrons. The van der Waals surface area contributed by atoms with E-state index in [2.05, 4.69) is 5.32 Å². The highest BCUT2D eigenvalue weighted by molar-refractivity contribution is 6.30. The molecule has 8 nitrogen and oxygen atoms in total. The number of hydrogen-bond acceptors (Lipinski definition) is 5. The number of nitrogens with one attached hydrogen (secondary N) is 1. The fourth-order valence-electron chi connectivity index (χ4n) is 4.62. The lowest BCUT2D eigenvalue weighted by Gasteiger charge is -2.28. The second-order valence-electron chi connectivity index (χ2n) is 11.0. The van der Waals surface area contributed by atoms with Crippen molar-refractivity contribution in [2.24, 2.45) is 11.7 Å². The van der Waals surface area contributed by atoms with Crippen molar-refractivity contribution >= 4 is 29.1 Å². The van der Waals surface area contributed by atoms with Gasteiger partial charge in [-0.3, -0.25) is 19.0 Å². The molecule has 2 amide bonds. The number of carbonyl (C=O) groups excluding carboxylic acids is 2. The van der Waals surface area contributed by atoms with Crippen molar-refractivity contribution in [3.8, 4) is 16.9 Å². The minimum atomic E-state index is -4.53. The molecule has 0 fully saturated rings. The van der Waals surface area contributed by atoms with Crippen LogP contribution in [0, 0.1) is 5.92 Å². The first-order valence-electron chi connectivity index (χ1n) is 13.2. The molecule has 0 aliphatic carbocycles. The average molecular weight is 606 g/mol. The Bertz CT molecular complexity index is 1530. The van der Waals surface area contributed by atoms with Gasteiger partial charge in [-0.1, -0.05) is 17.7 Å². The van der Waals surface area contributed by atoms with Crippen LogP contribution in [0.2, 0.25) is 5.02 Å². The van der Waals surface area contributed by atoms with Gasteiger partial charge in [0.05, 0.1) is 17.7 Å². The Morgan fingerprint density at radius 2 is 1.81 bits per heavy atom. The van der Waals surface area contributed by atoms with E-state index in [0.29, 0.717) is 16.8 Å². The predicted octanol–water partition coefficient (Wildman–Crippen LogP) is 5.77. The minimum absolute atomic E-state index is 0.00687. The second-order valence-corrected chi connectivity index (χ2v) is 11.5. The van der Waals surface area contributed by atoms with E-state index in [1.165, 1.54) is 54.7 Å². The highest BCUT2D eigenvalue weighted by atomic mass is 35.5. The van der Waals surface area contributed by atoms with Crippen LogP contribution in [0.5, 0.6) is 5.75 Å². The Morgan fingerprint density at radius 1 is 1.12 bits per heavy atom. The maximum absolute atomic E-state index is 13.8. The summed E-state index contributed by atoms with van der Waals surface area (Å²) in [5.74, 6) is -3.00. The van der Waals surface area contributed by atoms with Crippen molar-refractivity contribution in [1.29, 1.82) is 0 Å². The Morgan fingerprint density at radius 3 is 2.43 bits per heavy atom. The van der Waals surface area contributed by atoms with Gasteiger partial charge in [0.15, 0.2) is 0 Å². The van der Waals surface area contributed by atoms with Crippen LogP contribution in [0.4, 0.5) is 18.9 Å². The van der Waals surface area contributed by atoms with Crippen molar-refractivity contribution in [3.63, 3.8) is 0 Å². The maximum Gasteiger partial charge on any atom is 0.395 e. The van der Waals surface area contributed by atoms with Gasteiger partial charge in [0.1, 0.15) is 18.4 Å². The smallest absolute Gasteiger partial charge is 0.395 e. The Kier molecular flexibility index (Phi) is 9.03. The third kappa shape index (κ3) is 7.51. The van der Waals surface area contributed by atoms with E-state index >= 15 is 0 Å². The largest absolute Gasteiger partial charge is 0.491 e. The Labute approximate surface area is 245 Å². The first kappa shape index (κ1) is 31.1. The van der Waals surface area contributed by atoms with Crippen molar-refractivity contribution in [2.45, 2.75) is 51.4 Å². The van der Waals surface area contributed by atoms with Gasteiger partial charge in [0.2, 0.25) is 11.8 Å². The van der Waals surface area contributed by atoms with Crippen LogP contribution in [0.3, 0.4) is 0 Å². The van der Waals surface area contributed by atoms with Crippen LogP contribution in [0.1, 0.15) is 49.2 Å². The van der Waals surface area contributed by atoms with Gasteiger partial charge in [-0.25, -0.2) is 0 Å². The van der Waals surface area contributed by atoms with Crippen LogP contribution < -0.4 is 21.3 Å². The number of alkyl halides is 3. The van der Waals surface area contributed by atoms with Crippen LogP contribution in [0.25, 0.3) is 11.1 Å². The van der Waals surface area contributed by atoms with Crippen LogP contribution in [-0.2, 0) is 16.0 Å². The molecule has 0 radical (unpaired) electrons. The lowest BCUT2D eigenvalue weighted by atomic mass is 9.91. The minimum Gasteiger partial charge on any atom is -0.491 e. The highest BCUT2D eigenvalue weighted by Crippen LogP contribution is 2.40. The summed E-state index contributed by atoms with van der Waals surface area (Å²) in [7, 11) is 0. The average Bonchev–Trinajstić information content (AvgIpc) is 2.88. The van der Waals surface area contributed by atoms with Gasteiger partial charge in [0.25, 0.3) is 5.56 Å². The molecule has 2 heterocycles. The molecule has 0 unspecified atom stereocenters. The number of fused-ring (bicyclic) bond motifs is 3. The third-order valence-corrected chi connectivity index (χ3v) is 7.01. The first-order chi connectivity index (χ1) is 19.6. The predicted molar refractivity (Wildman–Crippen MR) is 153 cm³/mol. The summed E-state index contributed by atoms with van der Waals surface area (Å²) < 4.78 is 54.1. The number of amides is 2. The number of primary amides is 1. The summed E-state index contributed by atoms with van der Waals surface area (Å²) in [6, 6.07) is 10.5. The van der Waals surface area contributed by atoms with Gasteiger partial charge in [-0.05, 0) is 74.7 Å². The number of ether oxygens (including phenoxy) is 2. The van der Waals surface area contributed by atoms with Gasteiger partial charge >= 0.3 is 6.18 Å². The molecule has 1 aliphatic heterocycles. The maximum atomic E-state index is 13.8. The lowest BCUT2D eigenvalue weighted by molar-refractivity contribution is -0.181. The number of anilines is 1. The number of halogens is 4. The molecule has 3 aromatic rings. The van der Waals surface area contributed by atoms with Gasteiger partial charge in [-0.15, -0.1) is 0 Å². The van der Waals surface area contributed by atoms with Crippen molar-refractivity contribution in [2.75, 3.05) is 18.5 Å². The monoisotopic (exact) mass is 605 g/mol. The number of rotatable bonds is 7. The molecule has 12 heteroatoms.